The zero-order chi connectivity index (χ0) is 16.5. The third-order valence-corrected chi connectivity index (χ3v) is 7.13. The number of nitrogens with one attached hydrogen (secondary N) is 1. The summed E-state index contributed by atoms with van der Waals surface area (Å²) in [4.78, 5) is 6.12. The molecule has 0 radical (unpaired) electrons. The van der Waals surface area contributed by atoms with Crippen molar-refractivity contribution < 1.29 is 18.1 Å². The van der Waals surface area contributed by atoms with Gasteiger partial charge in [0, 0.05) is 30.0 Å². The number of aliphatic imine (C=N–C) groups is 1. The minimum absolute atomic E-state index is 0.112. The van der Waals surface area contributed by atoms with Gasteiger partial charge >= 0.3 is 7.12 Å². The molecule has 0 amide bonds. The maximum atomic E-state index is 13.5. The third kappa shape index (κ3) is 4.24. The summed E-state index contributed by atoms with van der Waals surface area (Å²) in [5.74, 6) is -0.400. The van der Waals surface area contributed by atoms with Crippen LogP contribution in [-0.4, -0.2) is 64.8 Å². The summed E-state index contributed by atoms with van der Waals surface area (Å²) in [6.45, 7) is 6.17. The Kier molecular flexibility index (Phi) is 5.95. The van der Waals surface area contributed by atoms with Gasteiger partial charge in [-0.2, -0.15) is 0 Å². The summed E-state index contributed by atoms with van der Waals surface area (Å²) < 4.78 is 38.7. The zero-order valence-corrected chi connectivity index (χ0v) is 15.7. The zero-order valence-electron chi connectivity index (χ0n) is 13.5. The molecule has 9 heteroatoms. The third-order valence-electron chi connectivity index (χ3n) is 3.79. The van der Waals surface area contributed by atoms with Crippen LogP contribution in [0.15, 0.2) is 4.99 Å². The average molecular weight is 429 g/mol. The number of hydrogen-bond acceptors (Lipinski definition) is 4. The second-order valence-corrected chi connectivity index (χ2v) is 9.29. The fourth-order valence-electron chi connectivity index (χ4n) is 2.23. The molecule has 1 N–H and O–H groups in total. The summed E-state index contributed by atoms with van der Waals surface area (Å²) in [7, 11) is 3.11. The standard InChI is InChI=1S/C13H23BF2IN3O2/c1-8-13(2,3)22-14(21-8)9-6-18-12(19-7-20(4)5)17-10(9)11(15)16/h7-9,11-12,18H,6H2,1-5H3/b19-7+/t8-,9-,12-/m0/s1. The van der Waals surface area contributed by atoms with Crippen molar-refractivity contribution >= 4 is 37.7 Å². The topological polar surface area (TPSA) is 46.1 Å². The SMILES string of the molecule is C[C@@H]1OB([C@H]2CN[C@@H](/N=C/N(C)C)I=C2C(F)F)OC1(C)C. The van der Waals surface area contributed by atoms with E-state index in [-0.39, 0.29) is 13.8 Å². The van der Waals surface area contributed by atoms with Crippen LogP contribution in [-0.2, 0) is 9.31 Å². The van der Waals surface area contributed by atoms with Gasteiger partial charge in [-0.1, -0.05) is 20.7 Å². The monoisotopic (exact) mass is 429 g/mol. The van der Waals surface area contributed by atoms with Crippen molar-refractivity contribution in [1.82, 2.24) is 10.2 Å². The fourth-order valence-corrected chi connectivity index (χ4v) is 4.94. The van der Waals surface area contributed by atoms with Gasteiger partial charge in [-0.15, -0.1) is 0 Å². The summed E-state index contributed by atoms with van der Waals surface area (Å²) >= 11 is -0.923. The van der Waals surface area contributed by atoms with Crippen molar-refractivity contribution in [3.8, 4) is 0 Å². The number of rotatable bonds is 4. The van der Waals surface area contributed by atoms with Crippen LogP contribution in [0.3, 0.4) is 0 Å². The molecule has 1 saturated heterocycles. The van der Waals surface area contributed by atoms with Gasteiger partial charge in [-0.3, -0.25) is 5.32 Å². The quantitative estimate of drug-likeness (QED) is 0.186. The molecular weight excluding hydrogens is 406 g/mol. The Morgan fingerprint density at radius 1 is 1.50 bits per heavy atom. The Balaban J connectivity index is 2.15. The van der Waals surface area contributed by atoms with Gasteiger partial charge in [0.1, 0.15) is 4.17 Å². The van der Waals surface area contributed by atoms with Crippen LogP contribution in [0.25, 0.3) is 0 Å². The lowest BCUT2D eigenvalue weighted by molar-refractivity contribution is 0.0838. The predicted octanol–water partition coefficient (Wildman–Crippen LogP) is 1.94. The van der Waals surface area contributed by atoms with E-state index in [2.05, 4.69) is 10.3 Å². The Bertz CT molecular complexity index is 463. The molecule has 3 atom stereocenters. The first kappa shape index (κ1) is 18.2. The second-order valence-electron chi connectivity index (χ2n) is 6.24. The molecule has 0 spiro atoms. The van der Waals surface area contributed by atoms with Crippen molar-refractivity contribution in [2.24, 2.45) is 4.99 Å². The molecule has 22 heavy (non-hydrogen) atoms. The summed E-state index contributed by atoms with van der Waals surface area (Å²) in [5.41, 5.74) is -0.448. The van der Waals surface area contributed by atoms with E-state index >= 15 is 0 Å². The molecule has 0 aromatic carbocycles. The first-order valence-electron chi connectivity index (χ1n) is 7.25. The first-order chi connectivity index (χ1) is 10.2. The maximum Gasteiger partial charge on any atom is 0.467 e. The molecule has 0 bridgehead atoms. The Hall–Kier alpha value is -0.125. The molecule has 1 fully saturated rings. The lowest BCUT2D eigenvalue weighted by Gasteiger charge is -2.29. The maximum absolute atomic E-state index is 13.5. The summed E-state index contributed by atoms with van der Waals surface area (Å²) in [6.07, 6.45) is -0.892. The minimum atomic E-state index is -2.44. The predicted molar refractivity (Wildman–Crippen MR) is 94.2 cm³/mol. The molecule has 126 valence electrons. The van der Waals surface area contributed by atoms with E-state index in [4.69, 9.17) is 9.31 Å². The van der Waals surface area contributed by atoms with Gasteiger partial charge in [0.15, 0.2) is 0 Å². The van der Waals surface area contributed by atoms with Crippen molar-refractivity contribution in [3.63, 3.8) is 0 Å². The van der Waals surface area contributed by atoms with E-state index in [0.717, 1.165) is 0 Å². The molecule has 0 aromatic heterocycles. The first-order valence-corrected chi connectivity index (χ1v) is 9.58. The normalized spacial score (nSPS) is 32.3. The average Bonchev–Trinajstić information content (AvgIpc) is 2.70. The molecule has 5 nitrogen and oxygen atoms in total. The van der Waals surface area contributed by atoms with Gasteiger partial charge in [-0.05, 0) is 20.8 Å². The van der Waals surface area contributed by atoms with Gasteiger partial charge < -0.3 is 14.2 Å². The molecule has 0 unspecified atom stereocenters. The van der Waals surface area contributed by atoms with E-state index in [0.29, 0.717) is 6.54 Å². The molecule has 0 saturated carbocycles. The van der Waals surface area contributed by atoms with Crippen molar-refractivity contribution in [1.29, 1.82) is 0 Å². The van der Waals surface area contributed by atoms with Crippen LogP contribution in [0.1, 0.15) is 20.8 Å². The van der Waals surface area contributed by atoms with Gasteiger partial charge in [0.25, 0.3) is 6.43 Å². The van der Waals surface area contributed by atoms with Gasteiger partial charge in [0.2, 0.25) is 0 Å². The van der Waals surface area contributed by atoms with Crippen molar-refractivity contribution in [2.75, 3.05) is 20.6 Å². The van der Waals surface area contributed by atoms with E-state index in [1.54, 1.807) is 11.2 Å². The van der Waals surface area contributed by atoms with Crippen LogP contribution in [0, 0.1) is 0 Å². The molecule has 0 aliphatic carbocycles. The molecule has 2 aliphatic heterocycles. The van der Waals surface area contributed by atoms with E-state index in [1.807, 2.05) is 34.9 Å². The van der Waals surface area contributed by atoms with Gasteiger partial charge in [0.05, 0.1) is 18.0 Å². The van der Waals surface area contributed by atoms with E-state index in [1.165, 1.54) is 0 Å². The summed E-state index contributed by atoms with van der Waals surface area (Å²) in [6, 6.07) is 0. The lowest BCUT2D eigenvalue weighted by Crippen LogP contribution is -2.44. The lowest BCUT2D eigenvalue weighted by atomic mass is 9.70. The van der Waals surface area contributed by atoms with Crippen LogP contribution in [0.4, 0.5) is 8.78 Å². The number of halogens is 3. The Morgan fingerprint density at radius 3 is 2.68 bits per heavy atom. The highest BCUT2D eigenvalue weighted by atomic mass is 127. The molecule has 2 aliphatic rings. The molecule has 2 rings (SSSR count). The Morgan fingerprint density at radius 2 is 2.18 bits per heavy atom. The number of hydrogen-bond donors (Lipinski definition) is 1. The van der Waals surface area contributed by atoms with Gasteiger partial charge in [-0.25, -0.2) is 13.8 Å². The number of alkyl halides is 3. The number of nitrogens with zero attached hydrogens (tertiary/aromatic N) is 2. The highest BCUT2D eigenvalue weighted by Gasteiger charge is 2.50. The summed E-state index contributed by atoms with van der Waals surface area (Å²) in [5, 5.41) is 3.24. The molecule has 2 heterocycles. The Labute approximate surface area is 140 Å². The smallest absolute Gasteiger partial charge is 0.405 e. The highest BCUT2D eigenvalue weighted by Crippen LogP contribution is 2.37. The van der Waals surface area contributed by atoms with Crippen LogP contribution in [0.5, 0.6) is 0 Å². The molecule has 0 aromatic rings. The molecular formula is C13H23BF2IN3O2. The van der Waals surface area contributed by atoms with Crippen LogP contribution >= 0.6 is 20.7 Å². The fraction of sp³-hybridized carbons (Fsp3) is 0.846. The van der Waals surface area contributed by atoms with Crippen LogP contribution in [0.2, 0.25) is 5.82 Å². The van der Waals surface area contributed by atoms with E-state index < -0.39 is 45.7 Å². The highest BCUT2D eigenvalue weighted by molar-refractivity contribution is 14.2. The van der Waals surface area contributed by atoms with E-state index in [9.17, 15) is 8.78 Å². The second kappa shape index (κ2) is 7.19. The van der Waals surface area contributed by atoms with Crippen molar-refractivity contribution in [2.45, 2.75) is 48.9 Å². The minimum Gasteiger partial charge on any atom is -0.405 e. The largest absolute Gasteiger partial charge is 0.467 e. The van der Waals surface area contributed by atoms with Crippen molar-refractivity contribution in [3.05, 3.63) is 0 Å². The van der Waals surface area contributed by atoms with Crippen LogP contribution < -0.4 is 5.32 Å².